The van der Waals surface area contributed by atoms with Gasteiger partial charge in [0, 0.05) is 6.20 Å². The van der Waals surface area contributed by atoms with E-state index in [1.807, 2.05) is 0 Å². The normalized spacial score (nSPS) is 13.2. The second kappa shape index (κ2) is 5.56. The van der Waals surface area contributed by atoms with Crippen molar-refractivity contribution in [2.45, 2.75) is 12.2 Å². The standard InChI is InChI=1S/C13H11F4N3/c14-10-4-1-8(2-5-10)12(20-18)11-6-3-9(7-19-11)13(15,16)17/h1-7,12,20H,18H2. The quantitative estimate of drug-likeness (QED) is 0.518. The molecule has 3 nitrogen and oxygen atoms in total. The first-order chi connectivity index (χ1) is 9.41. The van der Waals surface area contributed by atoms with Crippen molar-refractivity contribution in [2.24, 2.45) is 5.84 Å². The van der Waals surface area contributed by atoms with Gasteiger partial charge in [-0.1, -0.05) is 12.1 Å². The van der Waals surface area contributed by atoms with Crippen molar-refractivity contribution in [3.05, 3.63) is 65.2 Å². The van der Waals surface area contributed by atoms with Crippen LogP contribution in [0.1, 0.15) is 22.9 Å². The molecule has 0 radical (unpaired) electrons. The zero-order chi connectivity index (χ0) is 14.8. The highest BCUT2D eigenvalue weighted by Gasteiger charge is 2.31. The first-order valence-electron chi connectivity index (χ1n) is 5.66. The minimum Gasteiger partial charge on any atom is -0.271 e. The van der Waals surface area contributed by atoms with E-state index in [9.17, 15) is 17.6 Å². The van der Waals surface area contributed by atoms with E-state index in [0.29, 0.717) is 11.3 Å². The van der Waals surface area contributed by atoms with E-state index in [0.717, 1.165) is 12.3 Å². The summed E-state index contributed by atoms with van der Waals surface area (Å²) in [6, 6.07) is 7.00. The molecule has 0 aliphatic heterocycles. The SMILES string of the molecule is NNC(c1ccc(F)cc1)c1ccc(C(F)(F)F)cn1. The fourth-order valence-electron chi connectivity index (χ4n) is 1.75. The molecule has 0 saturated carbocycles. The molecule has 1 atom stereocenters. The molecule has 20 heavy (non-hydrogen) atoms. The summed E-state index contributed by atoms with van der Waals surface area (Å²) in [5, 5.41) is 0. The number of alkyl halides is 3. The van der Waals surface area contributed by atoms with Crippen molar-refractivity contribution >= 4 is 0 Å². The first kappa shape index (κ1) is 14.4. The van der Waals surface area contributed by atoms with Gasteiger partial charge in [-0.3, -0.25) is 10.8 Å². The van der Waals surface area contributed by atoms with Gasteiger partial charge in [-0.05, 0) is 29.8 Å². The Morgan fingerprint density at radius 1 is 1.05 bits per heavy atom. The van der Waals surface area contributed by atoms with Crippen LogP contribution < -0.4 is 11.3 Å². The number of hydrogen-bond acceptors (Lipinski definition) is 3. The number of nitrogens with two attached hydrogens (primary N) is 1. The fourth-order valence-corrected chi connectivity index (χ4v) is 1.75. The maximum atomic E-state index is 12.8. The predicted molar refractivity (Wildman–Crippen MR) is 64.8 cm³/mol. The van der Waals surface area contributed by atoms with E-state index < -0.39 is 23.6 Å². The average molecular weight is 285 g/mol. The highest BCUT2D eigenvalue weighted by molar-refractivity contribution is 5.29. The van der Waals surface area contributed by atoms with Crippen LogP contribution in [0, 0.1) is 5.82 Å². The fraction of sp³-hybridized carbons (Fsp3) is 0.154. The monoisotopic (exact) mass is 285 g/mol. The number of pyridine rings is 1. The summed E-state index contributed by atoms with van der Waals surface area (Å²) >= 11 is 0. The van der Waals surface area contributed by atoms with E-state index in [1.54, 1.807) is 0 Å². The number of benzene rings is 1. The van der Waals surface area contributed by atoms with Crippen molar-refractivity contribution in [2.75, 3.05) is 0 Å². The van der Waals surface area contributed by atoms with Gasteiger partial charge < -0.3 is 0 Å². The van der Waals surface area contributed by atoms with Gasteiger partial charge in [0.25, 0.3) is 0 Å². The van der Waals surface area contributed by atoms with Crippen LogP contribution in [0.3, 0.4) is 0 Å². The Hall–Kier alpha value is -1.99. The molecule has 1 unspecified atom stereocenters. The number of hydrogen-bond donors (Lipinski definition) is 2. The second-order valence-corrected chi connectivity index (χ2v) is 4.12. The van der Waals surface area contributed by atoms with Crippen LogP contribution in [0.15, 0.2) is 42.6 Å². The van der Waals surface area contributed by atoms with Gasteiger partial charge >= 0.3 is 6.18 Å². The Bertz CT molecular complexity index is 564. The minimum atomic E-state index is -4.44. The Balaban J connectivity index is 2.30. The Morgan fingerprint density at radius 3 is 2.15 bits per heavy atom. The third-order valence-electron chi connectivity index (χ3n) is 2.78. The number of halogens is 4. The van der Waals surface area contributed by atoms with Crippen LogP contribution in [-0.4, -0.2) is 4.98 Å². The number of nitrogens with zero attached hydrogens (tertiary/aromatic N) is 1. The highest BCUT2D eigenvalue weighted by Crippen LogP contribution is 2.29. The van der Waals surface area contributed by atoms with E-state index in [2.05, 4.69) is 10.4 Å². The number of aromatic nitrogens is 1. The zero-order valence-electron chi connectivity index (χ0n) is 10.2. The summed E-state index contributed by atoms with van der Waals surface area (Å²) in [5.41, 5.74) is 2.52. The van der Waals surface area contributed by atoms with Crippen LogP contribution in [0.25, 0.3) is 0 Å². The molecule has 0 fully saturated rings. The molecule has 0 bridgehead atoms. The van der Waals surface area contributed by atoms with Gasteiger partial charge in [0.1, 0.15) is 5.82 Å². The number of hydrazine groups is 1. The Labute approximate surface area is 112 Å². The lowest BCUT2D eigenvalue weighted by molar-refractivity contribution is -0.137. The second-order valence-electron chi connectivity index (χ2n) is 4.12. The Kier molecular flexibility index (Phi) is 4.01. The van der Waals surface area contributed by atoms with Crippen LogP contribution >= 0.6 is 0 Å². The largest absolute Gasteiger partial charge is 0.417 e. The molecule has 0 amide bonds. The molecule has 1 heterocycles. The summed E-state index contributed by atoms with van der Waals surface area (Å²) < 4.78 is 50.2. The van der Waals surface area contributed by atoms with E-state index in [-0.39, 0.29) is 0 Å². The lowest BCUT2D eigenvalue weighted by Gasteiger charge is -2.16. The summed E-state index contributed by atoms with van der Waals surface area (Å²) in [5.74, 6) is 4.98. The molecule has 2 aromatic rings. The lowest BCUT2D eigenvalue weighted by atomic mass is 10.0. The van der Waals surface area contributed by atoms with Crippen molar-refractivity contribution < 1.29 is 17.6 Å². The minimum absolute atomic E-state index is 0.312. The molecule has 1 aromatic carbocycles. The molecule has 0 saturated heterocycles. The van der Waals surface area contributed by atoms with Crippen LogP contribution in [0.2, 0.25) is 0 Å². The maximum absolute atomic E-state index is 12.8. The smallest absolute Gasteiger partial charge is 0.271 e. The molecule has 0 aliphatic carbocycles. The summed E-state index contributed by atoms with van der Waals surface area (Å²) in [6.07, 6.45) is -3.70. The molecular weight excluding hydrogens is 274 g/mol. The molecule has 3 N–H and O–H groups in total. The van der Waals surface area contributed by atoms with Crippen LogP contribution in [-0.2, 0) is 6.18 Å². The van der Waals surface area contributed by atoms with Crippen molar-refractivity contribution in [1.82, 2.24) is 10.4 Å². The summed E-state index contributed by atoms with van der Waals surface area (Å²) in [4.78, 5) is 3.76. The van der Waals surface area contributed by atoms with Crippen molar-refractivity contribution in [1.29, 1.82) is 0 Å². The van der Waals surface area contributed by atoms with Crippen molar-refractivity contribution in [3.63, 3.8) is 0 Å². The molecule has 0 spiro atoms. The van der Waals surface area contributed by atoms with Gasteiger partial charge in [0.2, 0.25) is 0 Å². The van der Waals surface area contributed by atoms with Gasteiger partial charge in [-0.15, -0.1) is 0 Å². The topological polar surface area (TPSA) is 50.9 Å². The van der Waals surface area contributed by atoms with Gasteiger partial charge in [0.05, 0.1) is 17.3 Å². The first-order valence-corrected chi connectivity index (χ1v) is 5.66. The number of rotatable bonds is 3. The molecule has 2 rings (SSSR count). The highest BCUT2D eigenvalue weighted by atomic mass is 19.4. The maximum Gasteiger partial charge on any atom is 0.417 e. The number of nitrogens with one attached hydrogen (secondary N) is 1. The summed E-state index contributed by atoms with van der Waals surface area (Å²) in [7, 11) is 0. The Morgan fingerprint density at radius 2 is 1.70 bits per heavy atom. The average Bonchev–Trinajstić information content (AvgIpc) is 2.41. The van der Waals surface area contributed by atoms with Gasteiger partial charge in [-0.2, -0.15) is 13.2 Å². The van der Waals surface area contributed by atoms with Gasteiger partial charge in [-0.25, -0.2) is 9.82 Å². The molecule has 0 aliphatic rings. The van der Waals surface area contributed by atoms with Gasteiger partial charge in [0.15, 0.2) is 0 Å². The zero-order valence-corrected chi connectivity index (χ0v) is 10.2. The van der Waals surface area contributed by atoms with Crippen LogP contribution in [0.4, 0.5) is 17.6 Å². The molecular formula is C13H11F4N3. The third-order valence-corrected chi connectivity index (χ3v) is 2.78. The third kappa shape index (κ3) is 3.12. The van der Waals surface area contributed by atoms with E-state index >= 15 is 0 Å². The molecule has 7 heteroatoms. The van der Waals surface area contributed by atoms with Crippen LogP contribution in [0.5, 0.6) is 0 Å². The van der Waals surface area contributed by atoms with E-state index in [1.165, 1.54) is 30.3 Å². The molecule has 1 aromatic heterocycles. The molecule has 106 valence electrons. The summed E-state index contributed by atoms with van der Waals surface area (Å²) in [6.45, 7) is 0. The lowest BCUT2D eigenvalue weighted by Crippen LogP contribution is -2.29. The predicted octanol–water partition coefficient (Wildman–Crippen LogP) is 2.79. The van der Waals surface area contributed by atoms with E-state index in [4.69, 9.17) is 5.84 Å². The van der Waals surface area contributed by atoms with Crippen molar-refractivity contribution in [3.8, 4) is 0 Å².